The van der Waals surface area contributed by atoms with Crippen molar-refractivity contribution >= 4 is 33.0 Å². The van der Waals surface area contributed by atoms with Gasteiger partial charge >= 0.3 is 0 Å². The van der Waals surface area contributed by atoms with Gasteiger partial charge in [-0.15, -0.1) is 0 Å². The number of hydrogen-bond acceptors (Lipinski definition) is 3. The van der Waals surface area contributed by atoms with Gasteiger partial charge in [0.25, 0.3) is 0 Å². The van der Waals surface area contributed by atoms with E-state index in [1.165, 1.54) is 11.8 Å². The molecule has 0 aliphatic rings. The van der Waals surface area contributed by atoms with E-state index in [0.717, 1.165) is 0 Å². The molecule has 0 saturated heterocycles. The van der Waals surface area contributed by atoms with Crippen molar-refractivity contribution < 1.29 is 8.42 Å². The van der Waals surface area contributed by atoms with Gasteiger partial charge in [0.1, 0.15) is 9.84 Å². The van der Waals surface area contributed by atoms with Crippen LogP contribution in [0.2, 0.25) is 0 Å². The Bertz CT molecular complexity index is 262. The maximum Gasteiger partial charge on any atom is 0.147 e. The van der Waals surface area contributed by atoms with E-state index in [-0.39, 0.29) is 5.75 Å². The summed E-state index contributed by atoms with van der Waals surface area (Å²) in [6.45, 7) is 1.10. The van der Waals surface area contributed by atoms with Crippen LogP contribution in [0.5, 0.6) is 0 Å². The van der Waals surface area contributed by atoms with E-state index in [0.29, 0.717) is 24.5 Å². The standard InChI is InChI=1S/C7H13Cl2NO2S/c1-13(11,12)4-2-3-10-6-7(9)5-8/h5,10H,2-4,6H2,1H3. The Morgan fingerprint density at radius 3 is 2.62 bits per heavy atom. The predicted octanol–water partition coefficient (Wildman–Crippen LogP) is 1.33. The molecule has 13 heavy (non-hydrogen) atoms. The Morgan fingerprint density at radius 2 is 2.15 bits per heavy atom. The molecule has 0 aromatic rings. The van der Waals surface area contributed by atoms with Crippen LogP contribution in [0.15, 0.2) is 10.6 Å². The summed E-state index contributed by atoms with van der Waals surface area (Å²) in [7, 11) is -2.84. The van der Waals surface area contributed by atoms with Gasteiger partial charge < -0.3 is 5.32 Å². The summed E-state index contributed by atoms with van der Waals surface area (Å²) in [4.78, 5) is 0. The first-order valence-electron chi connectivity index (χ1n) is 3.79. The van der Waals surface area contributed by atoms with Crippen molar-refractivity contribution in [3.8, 4) is 0 Å². The third-order valence-electron chi connectivity index (χ3n) is 1.28. The van der Waals surface area contributed by atoms with Crippen LogP contribution in [0.3, 0.4) is 0 Å². The zero-order valence-electron chi connectivity index (χ0n) is 7.39. The number of sulfone groups is 1. The summed E-state index contributed by atoms with van der Waals surface area (Å²) < 4.78 is 21.4. The van der Waals surface area contributed by atoms with E-state index in [4.69, 9.17) is 23.2 Å². The summed E-state index contributed by atoms with van der Waals surface area (Å²) >= 11 is 10.9. The van der Waals surface area contributed by atoms with Crippen molar-refractivity contribution in [3.63, 3.8) is 0 Å². The first-order valence-corrected chi connectivity index (χ1v) is 6.66. The molecule has 0 aliphatic heterocycles. The van der Waals surface area contributed by atoms with Gasteiger partial charge in [-0.2, -0.15) is 0 Å². The molecule has 0 radical (unpaired) electrons. The van der Waals surface area contributed by atoms with Crippen LogP contribution in [-0.4, -0.2) is 33.5 Å². The molecule has 0 aromatic heterocycles. The summed E-state index contributed by atoms with van der Waals surface area (Å²) in [6, 6.07) is 0. The molecule has 0 spiro atoms. The molecule has 0 bridgehead atoms. The largest absolute Gasteiger partial charge is 0.312 e. The normalized spacial score (nSPS) is 13.3. The smallest absolute Gasteiger partial charge is 0.147 e. The first-order chi connectivity index (χ1) is 5.95. The lowest BCUT2D eigenvalue weighted by Gasteiger charge is -2.01. The van der Waals surface area contributed by atoms with Gasteiger partial charge in [0.05, 0.1) is 5.75 Å². The molecule has 0 heterocycles. The summed E-state index contributed by atoms with van der Waals surface area (Å²) in [5.74, 6) is 0.197. The average molecular weight is 246 g/mol. The highest BCUT2D eigenvalue weighted by Gasteiger charge is 2.00. The van der Waals surface area contributed by atoms with Gasteiger partial charge in [-0.25, -0.2) is 8.42 Å². The molecule has 0 amide bonds. The van der Waals surface area contributed by atoms with Crippen molar-refractivity contribution in [2.75, 3.05) is 25.1 Å². The fraction of sp³-hybridized carbons (Fsp3) is 0.714. The molecule has 1 N–H and O–H groups in total. The van der Waals surface area contributed by atoms with Crippen molar-refractivity contribution in [1.82, 2.24) is 5.32 Å². The zero-order valence-corrected chi connectivity index (χ0v) is 9.71. The highest BCUT2D eigenvalue weighted by atomic mass is 35.5. The topological polar surface area (TPSA) is 46.2 Å². The summed E-state index contributed by atoms with van der Waals surface area (Å²) in [5.41, 5.74) is 1.28. The maximum absolute atomic E-state index is 10.7. The minimum Gasteiger partial charge on any atom is -0.312 e. The fourth-order valence-electron chi connectivity index (χ4n) is 0.706. The molecule has 78 valence electrons. The first kappa shape index (κ1) is 13.2. The van der Waals surface area contributed by atoms with Crippen LogP contribution >= 0.6 is 23.2 Å². The molecule has 3 nitrogen and oxygen atoms in total. The summed E-state index contributed by atoms with van der Waals surface area (Å²) in [5, 5.41) is 3.47. The van der Waals surface area contributed by atoms with Gasteiger partial charge in [0.2, 0.25) is 0 Å². The molecule has 0 unspecified atom stereocenters. The predicted molar refractivity (Wildman–Crippen MR) is 57.0 cm³/mol. The van der Waals surface area contributed by atoms with Crippen LogP contribution in [0.1, 0.15) is 6.42 Å². The van der Waals surface area contributed by atoms with Crippen LogP contribution in [0.4, 0.5) is 0 Å². The van der Waals surface area contributed by atoms with Gasteiger partial charge in [-0.3, -0.25) is 0 Å². The monoisotopic (exact) mass is 245 g/mol. The quantitative estimate of drug-likeness (QED) is 0.719. The Kier molecular flexibility index (Phi) is 6.77. The van der Waals surface area contributed by atoms with Crippen LogP contribution < -0.4 is 5.32 Å². The SMILES string of the molecule is CS(=O)(=O)CCCNCC(Cl)=CCl. The molecule has 0 rings (SSSR count). The lowest BCUT2D eigenvalue weighted by atomic mass is 10.4. The minimum absolute atomic E-state index is 0.197. The number of halogens is 2. The van der Waals surface area contributed by atoms with Crippen LogP contribution in [-0.2, 0) is 9.84 Å². The fourth-order valence-corrected chi connectivity index (χ4v) is 1.55. The van der Waals surface area contributed by atoms with E-state index in [1.807, 2.05) is 0 Å². The van der Waals surface area contributed by atoms with Crippen molar-refractivity contribution in [2.45, 2.75) is 6.42 Å². The van der Waals surface area contributed by atoms with E-state index in [2.05, 4.69) is 5.32 Å². The van der Waals surface area contributed by atoms with Crippen molar-refractivity contribution in [3.05, 3.63) is 10.6 Å². The van der Waals surface area contributed by atoms with E-state index in [9.17, 15) is 8.42 Å². The second kappa shape index (κ2) is 6.65. The van der Waals surface area contributed by atoms with Crippen LogP contribution in [0.25, 0.3) is 0 Å². The van der Waals surface area contributed by atoms with Gasteiger partial charge in [-0.1, -0.05) is 23.2 Å². The van der Waals surface area contributed by atoms with Crippen molar-refractivity contribution in [2.24, 2.45) is 0 Å². The Labute approximate surface area is 89.0 Å². The van der Waals surface area contributed by atoms with Gasteiger partial charge in [0.15, 0.2) is 0 Å². The van der Waals surface area contributed by atoms with Crippen LogP contribution in [0, 0.1) is 0 Å². The Balaban J connectivity index is 3.38. The number of nitrogens with one attached hydrogen (secondary N) is 1. The highest BCUT2D eigenvalue weighted by molar-refractivity contribution is 7.90. The molecule has 0 fully saturated rings. The van der Waals surface area contributed by atoms with E-state index >= 15 is 0 Å². The molecule has 0 aromatic carbocycles. The molecular weight excluding hydrogens is 233 g/mol. The third kappa shape index (κ3) is 10.1. The number of rotatable bonds is 6. The summed E-state index contributed by atoms with van der Waals surface area (Å²) in [6.07, 6.45) is 1.81. The lowest BCUT2D eigenvalue weighted by molar-refractivity contribution is 0.596. The third-order valence-corrected chi connectivity index (χ3v) is 2.93. The zero-order chi connectivity index (χ0) is 10.3. The molecular formula is C7H13Cl2NO2S. The lowest BCUT2D eigenvalue weighted by Crippen LogP contribution is -2.19. The molecule has 0 atom stereocenters. The maximum atomic E-state index is 10.7. The molecule has 0 aliphatic carbocycles. The second-order valence-electron chi connectivity index (χ2n) is 2.72. The van der Waals surface area contributed by atoms with Gasteiger partial charge in [-0.05, 0) is 13.0 Å². The van der Waals surface area contributed by atoms with E-state index < -0.39 is 9.84 Å². The number of hydrogen-bond donors (Lipinski definition) is 1. The van der Waals surface area contributed by atoms with Crippen molar-refractivity contribution in [1.29, 1.82) is 0 Å². The highest BCUT2D eigenvalue weighted by Crippen LogP contribution is 2.00. The van der Waals surface area contributed by atoms with Gasteiger partial charge in [0, 0.05) is 23.4 Å². The Morgan fingerprint density at radius 1 is 1.54 bits per heavy atom. The van der Waals surface area contributed by atoms with E-state index in [1.54, 1.807) is 0 Å². The average Bonchev–Trinajstić information content (AvgIpc) is 2.01. The Hall–Kier alpha value is 0.230. The minimum atomic E-state index is -2.84. The molecule has 6 heteroatoms. The second-order valence-corrected chi connectivity index (χ2v) is 5.68. The molecule has 0 saturated carbocycles.